The minimum Gasteiger partial charge on any atom is -0.399 e. The van der Waals surface area contributed by atoms with Crippen molar-refractivity contribution in [3.63, 3.8) is 0 Å². The molecule has 3 nitrogen and oxygen atoms in total. The summed E-state index contributed by atoms with van der Waals surface area (Å²) in [6.45, 7) is 0.709. The molecule has 0 saturated carbocycles. The molecule has 4 heteroatoms. The van der Waals surface area contributed by atoms with Gasteiger partial charge >= 0.3 is 0 Å². The van der Waals surface area contributed by atoms with Gasteiger partial charge in [-0.15, -0.1) is 0 Å². The van der Waals surface area contributed by atoms with Gasteiger partial charge in [0.15, 0.2) is 0 Å². The molecule has 11 heavy (non-hydrogen) atoms. The molecule has 1 aliphatic rings. The molecule has 1 saturated heterocycles. The zero-order valence-electron chi connectivity index (χ0n) is 5.84. The lowest BCUT2D eigenvalue weighted by Crippen LogP contribution is -1.99. The molecule has 1 aliphatic heterocycles. The molecule has 0 bridgehead atoms. The van der Waals surface area contributed by atoms with Crippen LogP contribution in [0.2, 0.25) is 0 Å². The number of nitrogens with two attached hydrogens (primary N) is 1. The Kier molecular flexibility index (Phi) is 1.22. The molecule has 1 fully saturated rings. The van der Waals surface area contributed by atoms with Crippen molar-refractivity contribution in [1.82, 2.24) is 5.43 Å². The van der Waals surface area contributed by atoms with E-state index in [4.69, 9.17) is 5.73 Å². The Bertz CT molecular complexity index is 283. The van der Waals surface area contributed by atoms with E-state index in [1.54, 1.807) is 17.1 Å². The average molecular weight is 153 g/mol. The number of benzene rings is 1. The maximum absolute atomic E-state index is 13.0. The third-order valence-corrected chi connectivity index (χ3v) is 1.58. The van der Waals surface area contributed by atoms with Gasteiger partial charge in [0, 0.05) is 5.69 Å². The van der Waals surface area contributed by atoms with Crippen LogP contribution in [0.1, 0.15) is 0 Å². The van der Waals surface area contributed by atoms with Crippen molar-refractivity contribution >= 4 is 11.4 Å². The Balaban J connectivity index is 2.39. The van der Waals surface area contributed by atoms with E-state index in [1.165, 1.54) is 6.07 Å². The lowest BCUT2D eigenvalue weighted by Gasteiger charge is -2.02. The highest BCUT2D eigenvalue weighted by atomic mass is 19.1. The van der Waals surface area contributed by atoms with Crippen molar-refractivity contribution in [2.75, 3.05) is 17.4 Å². The summed E-state index contributed by atoms with van der Waals surface area (Å²) in [6.07, 6.45) is 0. The van der Waals surface area contributed by atoms with Gasteiger partial charge in [-0.2, -0.15) is 0 Å². The van der Waals surface area contributed by atoms with E-state index in [1.807, 2.05) is 0 Å². The molecule has 1 aromatic carbocycles. The summed E-state index contributed by atoms with van der Waals surface area (Å²) in [4.78, 5) is 0. The Hall–Kier alpha value is -1.29. The molecule has 0 aromatic heterocycles. The molecular weight excluding hydrogens is 145 g/mol. The van der Waals surface area contributed by atoms with Crippen LogP contribution < -0.4 is 16.2 Å². The zero-order chi connectivity index (χ0) is 7.84. The van der Waals surface area contributed by atoms with Crippen LogP contribution in [0.4, 0.5) is 15.8 Å². The van der Waals surface area contributed by atoms with E-state index in [0.717, 1.165) is 0 Å². The van der Waals surface area contributed by atoms with Gasteiger partial charge in [0.05, 0.1) is 5.69 Å². The Morgan fingerprint density at radius 2 is 2.27 bits per heavy atom. The Labute approximate surface area is 63.6 Å². The number of halogens is 1. The summed E-state index contributed by atoms with van der Waals surface area (Å²) in [5.41, 5.74) is 9.24. The van der Waals surface area contributed by atoms with Crippen molar-refractivity contribution in [3.8, 4) is 0 Å². The number of nitrogen functional groups attached to an aromatic ring is 1. The second-order valence-corrected chi connectivity index (χ2v) is 2.46. The summed E-state index contributed by atoms with van der Waals surface area (Å²) < 4.78 is 13.0. The van der Waals surface area contributed by atoms with E-state index < -0.39 is 0 Å². The molecule has 0 unspecified atom stereocenters. The maximum Gasteiger partial charge on any atom is 0.149 e. The van der Waals surface area contributed by atoms with Crippen molar-refractivity contribution < 1.29 is 4.39 Å². The number of nitrogens with one attached hydrogen (secondary N) is 1. The first kappa shape index (κ1) is 6.42. The predicted molar refractivity (Wildman–Crippen MR) is 41.3 cm³/mol. The number of hydrazine groups is 1. The van der Waals surface area contributed by atoms with Crippen LogP contribution in [0.15, 0.2) is 18.2 Å². The standard InChI is InChI=1S/C7H8FN3/c8-6-3-5(9)1-2-7(6)11-4-10-11/h1-3,10H,4,9H2. The van der Waals surface area contributed by atoms with Crippen molar-refractivity contribution in [2.24, 2.45) is 0 Å². The number of rotatable bonds is 1. The Morgan fingerprint density at radius 3 is 2.82 bits per heavy atom. The molecule has 0 radical (unpaired) electrons. The van der Waals surface area contributed by atoms with Crippen LogP contribution in [0, 0.1) is 5.82 Å². The maximum atomic E-state index is 13.0. The van der Waals surface area contributed by atoms with Gasteiger partial charge in [-0.25, -0.2) is 9.82 Å². The normalized spacial score (nSPS) is 15.2. The zero-order valence-corrected chi connectivity index (χ0v) is 5.84. The number of nitrogens with zero attached hydrogens (tertiary/aromatic N) is 1. The van der Waals surface area contributed by atoms with Gasteiger partial charge in [-0.05, 0) is 18.2 Å². The molecule has 0 aliphatic carbocycles. The lowest BCUT2D eigenvalue weighted by atomic mass is 10.3. The quantitative estimate of drug-likeness (QED) is 0.461. The van der Waals surface area contributed by atoms with Crippen LogP contribution in [0.5, 0.6) is 0 Å². The SMILES string of the molecule is Nc1ccc(N2CN2)c(F)c1. The first-order valence-electron chi connectivity index (χ1n) is 3.33. The van der Waals surface area contributed by atoms with E-state index in [0.29, 0.717) is 18.0 Å². The van der Waals surface area contributed by atoms with Crippen LogP contribution in [0.25, 0.3) is 0 Å². The summed E-state index contributed by atoms with van der Waals surface area (Å²) >= 11 is 0. The highest BCUT2D eigenvalue weighted by Gasteiger charge is 2.20. The molecule has 1 heterocycles. The van der Waals surface area contributed by atoms with Crippen LogP contribution in [-0.4, -0.2) is 6.67 Å². The van der Waals surface area contributed by atoms with E-state index in [2.05, 4.69) is 5.43 Å². The highest BCUT2D eigenvalue weighted by molar-refractivity contribution is 5.55. The van der Waals surface area contributed by atoms with Crippen molar-refractivity contribution in [3.05, 3.63) is 24.0 Å². The first-order chi connectivity index (χ1) is 5.27. The second kappa shape index (κ2) is 2.10. The first-order valence-corrected chi connectivity index (χ1v) is 3.33. The van der Waals surface area contributed by atoms with Gasteiger partial charge in [0.25, 0.3) is 0 Å². The van der Waals surface area contributed by atoms with Gasteiger partial charge in [-0.3, -0.25) is 5.01 Å². The molecule has 3 N–H and O–H groups in total. The number of hydrogen-bond donors (Lipinski definition) is 2. The average Bonchev–Trinajstić information content (AvgIpc) is 2.70. The van der Waals surface area contributed by atoms with Crippen molar-refractivity contribution in [2.45, 2.75) is 0 Å². The highest BCUT2D eigenvalue weighted by Crippen LogP contribution is 2.22. The fraction of sp³-hybridized carbons (Fsp3) is 0.143. The van der Waals surface area contributed by atoms with E-state index in [9.17, 15) is 4.39 Å². The smallest absolute Gasteiger partial charge is 0.149 e. The second-order valence-electron chi connectivity index (χ2n) is 2.46. The fourth-order valence-electron chi connectivity index (χ4n) is 0.948. The minimum absolute atomic E-state index is 0.282. The molecule has 0 spiro atoms. The van der Waals surface area contributed by atoms with Gasteiger partial charge in [0.1, 0.15) is 12.5 Å². The third kappa shape index (κ3) is 1.12. The van der Waals surface area contributed by atoms with Gasteiger partial charge in [-0.1, -0.05) is 0 Å². The topological polar surface area (TPSA) is 51.0 Å². The largest absolute Gasteiger partial charge is 0.399 e. The summed E-state index contributed by atoms with van der Waals surface area (Å²) in [5, 5.41) is 1.70. The lowest BCUT2D eigenvalue weighted by molar-refractivity contribution is 0.629. The van der Waals surface area contributed by atoms with Gasteiger partial charge < -0.3 is 5.73 Å². The fourth-order valence-corrected chi connectivity index (χ4v) is 0.948. The monoisotopic (exact) mass is 153 g/mol. The Morgan fingerprint density at radius 1 is 1.55 bits per heavy atom. The number of hydrogen-bond acceptors (Lipinski definition) is 3. The van der Waals surface area contributed by atoms with Gasteiger partial charge in [0.2, 0.25) is 0 Å². The van der Waals surface area contributed by atoms with E-state index in [-0.39, 0.29) is 5.82 Å². The van der Waals surface area contributed by atoms with Crippen molar-refractivity contribution in [1.29, 1.82) is 0 Å². The molecule has 58 valence electrons. The molecule has 2 rings (SSSR count). The van der Waals surface area contributed by atoms with Crippen LogP contribution in [0.3, 0.4) is 0 Å². The summed E-state index contributed by atoms with van der Waals surface area (Å²) in [7, 11) is 0. The third-order valence-electron chi connectivity index (χ3n) is 1.58. The van der Waals surface area contributed by atoms with Crippen LogP contribution >= 0.6 is 0 Å². The minimum atomic E-state index is -0.282. The summed E-state index contributed by atoms with van der Waals surface area (Å²) in [6, 6.07) is 4.65. The summed E-state index contributed by atoms with van der Waals surface area (Å²) in [5.74, 6) is -0.282. The molecular formula is C7H8FN3. The van der Waals surface area contributed by atoms with Crippen LogP contribution in [-0.2, 0) is 0 Å². The molecule has 1 aromatic rings. The molecule has 0 amide bonds. The molecule has 0 atom stereocenters. The van der Waals surface area contributed by atoms with E-state index >= 15 is 0 Å². The predicted octanol–water partition coefficient (Wildman–Crippen LogP) is 0.690. The number of anilines is 2.